The molecule has 0 spiro atoms. The van der Waals surface area contributed by atoms with E-state index in [1.807, 2.05) is 25.6 Å². The van der Waals surface area contributed by atoms with Gasteiger partial charge in [0.15, 0.2) is 0 Å². The van der Waals surface area contributed by atoms with Crippen LogP contribution in [0, 0.1) is 0 Å². The molecule has 0 aliphatic carbocycles. The maximum Gasteiger partial charge on any atom is 0.242 e. The molecule has 1 aromatic heterocycles. The van der Waals surface area contributed by atoms with Gasteiger partial charge in [0.1, 0.15) is 0 Å². The van der Waals surface area contributed by atoms with E-state index in [2.05, 4.69) is 14.9 Å². The Morgan fingerprint density at radius 3 is 2.81 bits per heavy atom. The van der Waals surface area contributed by atoms with E-state index < -0.39 is 10.0 Å². The topological polar surface area (TPSA) is 66.4 Å². The molecular formula is C14H26N4O2S. The van der Waals surface area contributed by atoms with Gasteiger partial charge in [-0.3, -0.25) is 0 Å². The summed E-state index contributed by atoms with van der Waals surface area (Å²) in [4.78, 5) is 2.53. The standard InChI is InChI=1S/C14H26N4O2S/c1-4-18-11-14(8-13(18)9-15-2)21(19,20)16-12-6-5-7-17(3)10-12/h8,11-12,15-16H,4-7,9-10H2,1-3H3. The first-order valence-electron chi connectivity index (χ1n) is 7.50. The van der Waals surface area contributed by atoms with Crippen LogP contribution in [-0.4, -0.2) is 51.1 Å². The van der Waals surface area contributed by atoms with Crippen molar-refractivity contribution >= 4 is 10.0 Å². The second kappa shape index (κ2) is 6.91. The normalized spacial score (nSPS) is 20.8. The monoisotopic (exact) mass is 314 g/mol. The summed E-state index contributed by atoms with van der Waals surface area (Å²) in [5.74, 6) is 0. The number of hydrogen-bond acceptors (Lipinski definition) is 4. The average molecular weight is 314 g/mol. The summed E-state index contributed by atoms with van der Waals surface area (Å²) in [7, 11) is 0.447. The molecule has 0 radical (unpaired) electrons. The molecule has 0 aromatic carbocycles. The molecule has 1 saturated heterocycles. The Labute approximate surface area is 127 Å². The Bertz CT molecular complexity index is 568. The molecule has 1 aromatic rings. The lowest BCUT2D eigenvalue weighted by molar-refractivity contribution is 0.242. The van der Waals surface area contributed by atoms with Gasteiger partial charge >= 0.3 is 0 Å². The summed E-state index contributed by atoms with van der Waals surface area (Å²) in [5.41, 5.74) is 0.987. The second-order valence-electron chi connectivity index (χ2n) is 5.71. The van der Waals surface area contributed by atoms with Crippen molar-refractivity contribution in [2.75, 3.05) is 27.2 Å². The predicted octanol–water partition coefficient (Wildman–Crippen LogP) is 0.600. The Morgan fingerprint density at radius 1 is 1.43 bits per heavy atom. The minimum atomic E-state index is -3.44. The van der Waals surface area contributed by atoms with E-state index in [1.165, 1.54) is 0 Å². The third kappa shape index (κ3) is 4.06. The number of rotatable bonds is 6. The molecule has 0 saturated carbocycles. The van der Waals surface area contributed by atoms with Crippen LogP contribution in [0.5, 0.6) is 0 Å². The van der Waals surface area contributed by atoms with Gasteiger partial charge in [-0.1, -0.05) is 0 Å². The third-order valence-electron chi connectivity index (χ3n) is 3.92. The number of sulfonamides is 1. The second-order valence-corrected chi connectivity index (χ2v) is 7.42. The van der Waals surface area contributed by atoms with Crippen molar-refractivity contribution in [1.29, 1.82) is 0 Å². The molecule has 7 heteroatoms. The molecule has 1 aliphatic rings. The molecule has 0 bridgehead atoms. The van der Waals surface area contributed by atoms with Gasteiger partial charge in [0, 0.05) is 37.6 Å². The summed E-state index contributed by atoms with van der Waals surface area (Å²) in [6.07, 6.45) is 3.66. The third-order valence-corrected chi connectivity index (χ3v) is 5.40. The Hall–Kier alpha value is -0.890. The van der Waals surface area contributed by atoms with E-state index in [9.17, 15) is 8.42 Å². The van der Waals surface area contributed by atoms with Crippen molar-refractivity contribution < 1.29 is 8.42 Å². The fraction of sp³-hybridized carbons (Fsp3) is 0.714. The number of aryl methyl sites for hydroxylation is 1. The smallest absolute Gasteiger partial charge is 0.242 e. The van der Waals surface area contributed by atoms with Crippen molar-refractivity contribution in [3.63, 3.8) is 0 Å². The molecule has 120 valence electrons. The van der Waals surface area contributed by atoms with E-state index in [4.69, 9.17) is 0 Å². The minimum absolute atomic E-state index is 0.00600. The van der Waals surface area contributed by atoms with Gasteiger partial charge in [-0.05, 0) is 46.5 Å². The molecule has 6 nitrogen and oxygen atoms in total. The lowest BCUT2D eigenvalue weighted by Gasteiger charge is -2.29. The van der Waals surface area contributed by atoms with E-state index in [-0.39, 0.29) is 6.04 Å². The molecular weight excluding hydrogens is 288 g/mol. The molecule has 2 rings (SSSR count). The summed E-state index contributed by atoms with van der Waals surface area (Å²) in [6, 6.07) is 1.76. The highest BCUT2D eigenvalue weighted by Gasteiger charge is 2.25. The van der Waals surface area contributed by atoms with Crippen LogP contribution in [0.1, 0.15) is 25.5 Å². The number of likely N-dealkylation sites (tertiary alicyclic amines) is 1. The van der Waals surface area contributed by atoms with Gasteiger partial charge < -0.3 is 14.8 Å². The Kier molecular flexibility index (Phi) is 5.43. The molecule has 0 amide bonds. The van der Waals surface area contributed by atoms with Crippen LogP contribution < -0.4 is 10.0 Å². The molecule has 2 N–H and O–H groups in total. The molecule has 1 aliphatic heterocycles. The van der Waals surface area contributed by atoms with E-state index in [0.29, 0.717) is 11.4 Å². The zero-order valence-electron chi connectivity index (χ0n) is 13.1. The van der Waals surface area contributed by atoms with Gasteiger partial charge in [-0.2, -0.15) is 0 Å². The van der Waals surface area contributed by atoms with Crippen LogP contribution in [0.2, 0.25) is 0 Å². The molecule has 21 heavy (non-hydrogen) atoms. The van der Waals surface area contributed by atoms with Gasteiger partial charge in [0.25, 0.3) is 0 Å². The zero-order valence-corrected chi connectivity index (χ0v) is 13.9. The van der Waals surface area contributed by atoms with Gasteiger partial charge in [0.05, 0.1) is 4.90 Å². The molecule has 2 heterocycles. The largest absolute Gasteiger partial charge is 0.349 e. The highest BCUT2D eigenvalue weighted by Crippen LogP contribution is 2.17. The minimum Gasteiger partial charge on any atom is -0.349 e. The number of nitrogens with zero attached hydrogens (tertiary/aromatic N) is 2. The van der Waals surface area contributed by atoms with E-state index in [1.54, 1.807) is 12.3 Å². The van der Waals surface area contributed by atoms with Crippen molar-refractivity contribution in [1.82, 2.24) is 19.5 Å². The van der Waals surface area contributed by atoms with Crippen molar-refractivity contribution in [2.45, 2.75) is 43.8 Å². The van der Waals surface area contributed by atoms with Gasteiger partial charge in [0.2, 0.25) is 10.0 Å². The van der Waals surface area contributed by atoms with Crippen molar-refractivity contribution in [2.24, 2.45) is 0 Å². The first-order valence-corrected chi connectivity index (χ1v) is 8.99. The fourth-order valence-corrected chi connectivity index (χ4v) is 4.17. The Morgan fingerprint density at radius 2 is 2.19 bits per heavy atom. The van der Waals surface area contributed by atoms with Crippen LogP contribution in [0.3, 0.4) is 0 Å². The van der Waals surface area contributed by atoms with Crippen molar-refractivity contribution in [3.05, 3.63) is 18.0 Å². The maximum atomic E-state index is 12.5. The quantitative estimate of drug-likeness (QED) is 0.807. The summed E-state index contributed by atoms with van der Waals surface area (Å²) in [5, 5.41) is 3.07. The maximum absolute atomic E-state index is 12.5. The van der Waals surface area contributed by atoms with Crippen LogP contribution >= 0.6 is 0 Å². The van der Waals surface area contributed by atoms with Crippen LogP contribution in [0.4, 0.5) is 0 Å². The van der Waals surface area contributed by atoms with Crippen LogP contribution in [0.15, 0.2) is 17.2 Å². The summed E-state index contributed by atoms with van der Waals surface area (Å²) < 4.78 is 29.9. The summed E-state index contributed by atoms with van der Waals surface area (Å²) in [6.45, 7) is 5.25. The average Bonchev–Trinajstić information content (AvgIpc) is 2.83. The molecule has 1 atom stereocenters. The molecule has 1 unspecified atom stereocenters. The number of hydrogen-bond donors (Lipinski definition) is 2. The fourth-order valence-electron chi connectivity index (χ4n) is 2.85. The Balaban J connectivity index is 2.15. The van der Waals surface area contributed by atoms with Crippen molar-refractivity contribution in [3.8, 4) is 0 Å². The van der Waals surface area contributed by atoms with E-state index in [0.717, 1.165) is 38.2 Å². The van der Waals surface area contributed by atoms with Crippen LogP contribution in [-0.2, 0) is 23.1 Å². The number of piperidine rings is 1. The van der Waals surface area contributed by atoms with Gasteiger partial charge in [-0.15, -0.1) is 0 Å². The summed E-state index contributed by atoms with van der Waals surface area (Å²) >= 11 is 0. The van der Waals surface area contributed by atoms with Crippen LogP contribution in [0.25, 0.3) is 0 Å². The molecule has 1 fully saturated rings. The predicted molar refractivity (Wildman–Crippen MR) is 83.7 cm³/mol. The lowest BCUT2D eigenvalue weighted by Crippen LogP contribution is -2.46. The van der Waals surface area contributed by atoms with Gasteiger partial charge in [-0.25, -0.2) is 13.1 Å². The highest BCUT2D eigenvalue weighted by atomic mass is 32.2. The number of nitrogens with one attached hydrogen (secondary N) is 2. The first-order chi connectivity index (χ1) is 9.96. The zero-order chi connectivity index (χ0) is 15.5. The van der Waals surface area contributed by atoms with E-state index >= 15 is 0 Å². The SMILES string of the molecule is CCn1cc(S(=O)(=O)NC2CCCN(C)C2)cc1CNC. The number of aromatic nitrogens is 1. The first kappa shape index (κ1) is 16.5. The number of likely N-dealkylation sites (N-methyl/N-ethyl adjacent to an activating group) is 1. The highest BCUT2D eigenvalue weighted by molar-refractivity contribution is 7.89. The lowest BCUT2D eigenvalue weighted by atomic mass is 10.1.